The average Bonchev–Trinajstić information content (AvgIpc) is 2.54. The van der Waals surface area contributed by atoms with E-state index in [4.69, 9.17) is 5.11 Å². The van der Waals surface area contributed by atoms with Gasteiger partial charge in [-0.2, -0.15) is 8.42 Å². The van der Waals surface area contributed by atoms with Crippen LogP contribution >= 0.6 is 0 Å². The van der Waals surface area contributed by atoms with E-state index in [-0.39, 0.29) is 11.5 Å². The summed E-state index contributed by atoms with van der Waals surface area (Å²) in [6.45, 7) is -0.268. The lowest BCUT2D eigenvalue weighted by Crippen LogP contribution is -2.44. The lowest BCUT2D eigenvalue weighted by molar-refractivity contribution is 0.201. The second kappa shape index (κ2) is 7.45. The monoisotopic (exact) mass is 331 g/mol. The number of amides is 1. The highest BCUT2D eigenvalue weighted by molar-refractivity contribution is 7.73. The Balaban J connectivity index is 2.43. The fraction of sp³-hybridized carbons (Fsp3) is 0.125. The highest BCUT2D eigenvalue weighted by atomic mass is 32.2. The summed E-state index contributed by atoms with van der Waals surface area (Å²) in [6, 6.07) is 5.35. The molecule has 2 N–H and O–H groups in total. The van der Waals surface area contributed by atoms with Crippen molar-refractivity contribution in [1.82, 2.24) is 0 Å². The molecule has 23 heavy (non-hydrogen) atoms. The van der Waals surface area contributed by atoms with Gasteiger partial charge in [0.05, 0.1) is 10.9 Å². The summed E-state index contributed by atoms with van der Waals surface area (Å²) in [6.07, 6.45) is 4.73. The van der Waals surface area contributed by atoms with Crippen molar-refractivity contribution in [3.63, 3.8) is 0 Å². The molecular weight excluding hydrogens is 318 g/mol. The first kappa shape index (κ1) is 16.5. The van der Waals surface area contributed by atoms with Crippen LogP contribution in [-0.2, 0) is 10.3 Å². The fourth-order valence-corrected chi connectivity index (χ4v) is 2.69. The minimum Gasteiger partial charge on any atom is -0.465 e. The molecular formula is C16H13NO5S. The first-order chi connectivity index (χ1) is 11.0. The molecule has 1 aromatic carbocycles. The number of anilines is 1. The predicted octanol–water partition coefficient (Wildman–Crippen LogP) is 1.06. The molecule has 1 aliphatic carbocycles. The quantitative estimate of drug-likeness (QED) is 0.624. The number of hydrogen-bond donors (Lipinski definition) is 2. The van der Waals surface area contributed by atoms with Crippen LogP contribution in [0.4, 0.5) is 10.5 Å². The first-order valence-corrected chi connectivity index (χ1v) is 7.65. The molecule has 6 nitrogen and oxygen atoms in total. The van der Waals surface area contributed by atoms with E-state index in [1.807, 2.05) is 0 Å². The highest BCUT2D eigenvalue weighted by Gasteiger charge is 2.28. The largest absolute Gasteiger partial charge is 0.465 e. The van der Waals surface area contributed by atoms with Crippen LogP contribution in [0.3, 0.4) is 0 Å². The van der Waals surface area contributed by atoms with Gasteiger partial charge in [0, 0.05) is 11.3 Å². The van der Waals surface area contributed by atoms with Crippen molar-refractivity contribution in [3.05, 3.63) is 54.1 Å². The van der Waals surface area contributed by atoms with E-state index in [1.165, 1.54) is 30.4 Å². The van der Waals surface area contributed by atoms with Crippen molar-refractivity contribution in [2.45, 2.75) is 6.04 Å². The molecule has 0 radical (unpaired) electrons. The van der Waals surface area contributed by atoms with Gasteiger partial charge in [-0.25, -0.2) is 4.79 Å². The molecule has 1 amide bonds. The average molecular weight is 331 g/mol. The van der Waals surface area contributed by atoms with Crippen LogP contribution in [0.15, 0.2) is 48.6 Å². The van der Waals surface area contributed by atoms with E-state index >= 15 is 0 Å². The Hall–Kier alpha value is -2.82. The first-order valence-electron chi connectivity index (χ1n) is 6.57. The highest BCUT2D eigenvalue weighted by Crippen LogP contribution is 2.21. The lowest BCUT2D eigenvalue weighted by Gasteiger charge is -2.27. The fourth-order valence-electron chi connectivity index (χ4n) is 2.12. The lowest BCUT2D eigenvalue weighted by atomic mass is 10.1. The number of carbonyl (C=O) groups is 1. The maximum atomic E-state index is 11.6. The van der Waals surface area contributed by atoms with Crippen LogP contribution in [0.5, 0.6) is 0 Å². The van der Waals surface area contributed by atoms with Crippen molar-refractivity contribution >= 4 is 26.9 Å². The second-order valence-electron chi connectivity index (χ2n) is 4.49. The van der Waals surface area contributed by atoms with Crippen molar-refractivity contribution < 1.29 is 23.4 Å². The predicted molar refractivity (Wildman–Crippen MR) is 86.9 cm³/mol. The van der Waals surface area contributed by atoms with Crippen LogP contribution in [0, 0.1) is 11.8 Å². The van der Waals surface area contributed by atoms with Gasteiger partial charge >= 0.3 is 6.09 Å². The van der Waals surface area contributed by atoms with Crippen LogP contribution in [0.1, 0.15) is 5.56 Å². The van der Waals surface area contributed by atoms with Gasteiger partial charge in [0.25, 0.3) is 0 Å². The van der Waals surface area contributed by atoms with Crippen molar-refractivity contribution in [2.24, 2.45) is 0 Å². The Morgan fingerprint density at radius 3 is 2.48 bits per heavy atom. The van der Waals surface area contributed by atoms with Gasteiger partial charge in [-0.15, -0.1) is 0 Å². The number of rotatable bonds is 2. The van der Waals surface area contributed by atoms with E-state index in [1.54, 1.807) is 18.2 Å². The molecule has 118 valence electrons. The smallest absolute Gasteiger partial charge is 0.412 e. The van der Waals surface area contributed by atoms with E-state index < -0.39 is 22.4 Å². The zero-order valence-corrected chi connectivity index (χ0v) is 12.7. The van der Waals surface area contributed by atoms with E-state index in [0.29, 0.717) is 11.3 Å². The van der Waals surface area contributed by atoms with Crippen LogP contribution in [-0.4, -0.2) is 42.2 Å². The molecule has 0 aliphatic heterocycles. The van der Waals surface area contributed by atoms with Crippen molar-refractivity contribution in [1.29, 1.82) is 0 Å². The van der Waals surface area contributed by atoms with Gasteiger partial charge in [-0.05, 0) is 30.3 Å². The zero-order chi connectivity index (χ0) is 16.8. The Labute approximate surface area is 134 Å². The summed E-state index contributed by atoms with van der Waals surface area (Å²) in [5.41, 5.74) is 0.934. The Kier molecular flexibility index (Phi) is 5.36. The van der Waals surface area contributed by atoms with Gasteiger partial charge < -0.3 is 10.2 Å². The number of aliphatic hydroxyl groups excluding tert-OH is 1. The summed E-state index contributed by atoms with van der Waals surface area (Å²) in [5, 5.41) is 18.1. The second-order valence-corrected chi connectivity index (χ2v) is 5.43. The van der Waals surface area contributed by atoms with Gasteiger partial charge in [-0.3, -0.25) is 4.90 Å². The summed E-state index contributed by atoms with van der Waals surface area (Å²) < 4.78 is 22.6. The Morgan fingerprint density at radius 2 is 1.91 bits per heavy atom. The van der Waals surface area contributed by atoms with E-state index in [0.717, 1.165) is 4.90 Å². The molecule has 0 saturated heterocycles. The molecule has 1 aromatic rings. The van der Waals surface area contributed by atoms with Crippen molar-refractivity contribution in [3.8, 4) is 11.8 Å². The Bertz CT molecular complexity index is 846. The van der Waals surface area contributed by atoms with Gasteiger partial charge in [0.15, 0.2) is 0 Å². The number of hydrogen-bond acceptors (Lipinski definition) is 4. The zero-order valence-electron chi connectivity index (χ0n) is 11.9. The van der Waals surface area contributed by atoms with Gasteiger partial charge in [0.1, 0.15) is 6.61 Å². The standard InChI is InChI=1S/C16H13NO5S/c18-11-3-4-12-7-9-13(10-8-12)17(16(19)20)14-5-1-2-6-15(14)23(21)22/h1-2,5-10,14,18H,11H2,(H,19,20). The van der Waals surface area contributed by atoms with Gasteiger partial charge in [0.2, 0.25) is 10.3 Å². The summed E-state index contributed by atoms with van der Waals surface area (Å²) >= 11 is 0. The molecule has 0 saturated carbocycles. The third-order valence-electron chi connectivity index (χ3n) is 3.09. The molecule has 1 aliphatic rings. The number of nitrogens with zero attached hydrogens (tertiary/aromatic N) is 1. The molecule has 0 aromatic heterocycles. The minimum absolute atomic E-state index is 0.0287. The number of benzene rings is 1. The molecule has 1 unspecified atom stereocenters. The number of aliphatic hydroxyl groups is 1. The summed E-state index contributed by atoms with van der Waals surface area (Å²) in [4.78, 5) is 12.6. The van der Waals surface area contributed by atoms with Crippen molar-refractivity contribution in [2.75, 3.05) is 11.5 Å². The summed E-state index contributed by atoms with van der Waals surface area (Å²) in [5.74, 6) is 5.19. The maximum Gasteiger partial charge on any atom is 0.412 e. The normalized spacial score (nSPS) is 15.7. The SMILES string of the molecule is O=C(O)N(c1ccc(C#CCO)cc1)C1C=CC=CC1=S(=O)=O. The Morgan fingerprint density at radius 1 is 1.22 bits per heavy atom. The van der Waals surface area contributed by atoms with E-state index in [2.05, 4.69) is 11.8 Å². The molecule has 0 heterocycles. The van der Waals surface area contributed by atoms with Crippen LogP contribution in [0.2, 0.25) is 0 Å². The number of allylic oxidation sites excluding steroid dienone is 2. The molecule has 1 atom stereocenters. The third kappa shape index (κ3) is 3.88. The van der Waals surface area contributed by atoms with E-state index in [9.17, 15) is 18.3 Å². The molecule has 0 bridgehead atoms. The number of carboxylic acid groups (broad SMARTS) is 1. The van der Waals surface area contributed by atoms with Crippen LogP contribution < -0.4 is 4.90 Å². The summed E-state index contributed by atoms with van der Waals surface area (Å²) in [7, 11) is -2.53. The third-order valence-corrected chi connectivity index (χ3v) is 3.85. The topological polar surface area (TPSA) is 94.9 Å². The molecule has 0 spiro atoms. The maximum absolute atomic E-state index is 11.6. The van der Waals surface area contributed by atoms with Gasteiger partial charge in [-0.1, -0.05) is 30.1 Å². The molecule has 7 heteroatoms. The van der Waals surface area contributed by atoms with Crippen LogP contribution in [0.25, 0.3) is 0 Å². The molecule has 0 fully saturated rings. The minimum atomic E-state index is -2.53. The molecule has 2 rings (SSSR count).